The third kappa shape index (κ3) is 5.22. The van der Waals surface area contributed by atoms with Gasteiger partial charge in [0.1, 0.15) is 34.5 Å². The Morgan fingerprint density at radius 1 is 1.11 bits per heavy atom. The number of esters is 1. The zero-order valence-corrected chi connectivity index (χ0v) is 26.4. The number of hydrogen-bond donors (Lipinski definition) is 1. The highest BCUT2D eigenvalue weighted by Crippen LogP contribution is 2.56. The number of ether oxygens (including phenoxy) is 6. The number of methoxy groups -OCH3 is 4. The molecular weight excluding hydrogens is 608 g/mol. The maximum atomic E-state index is 14.2. The third-order valence-corrected chi connectivity index (χ3v) is 8.68. The van der Waals surface area contributed by atoms with E-state index >= 15 is 0 Å². The monoisotopic (exact) mass is 640 g/mol. The second kappa shape index (κ2) is 12.4. The van der Waals surface area contributed by atoms with Gasteiger partial charge in [-0.1, -0.05) is 24.6 Å². The highest BCUT2D eigenvalue weighted by Gasteiger charge is 2.61. The van der Waals surface area contributed by atoms with Crippen molar-refractivity contribution in [2.75, 3.05) is 28.4 Å². The number of ketones is 2. The predicted octanol–water partition coefficient (Wildman–Crippen LogP) is 4.76. The van der Waals surface area contributed by atoms with Crippen molar-refractivity contribution in [2.24, 2.45) is 13.0 Å². The lowest BCUT2D eigenvalue weighted by Crippen LogP contribution is -2.53. The van der Waals surface area contributed by atoms with Crippen LogP contribution in [0, 0.1) is 5.92 Å². The van der Waals surface area contributed by atoms with Crippen LogP contribution in [0.5, 0.6) is 28.7 Å². The van der Waals surface area contributed by atoms with Crippen LogP contribution in [0.25, 0.3) is 0 Å². The molecule has 0 saturated carbocycles. The number of hydrogen-bond acceptors (Lipinski definition) is 11. The minimum atomic E-state index is -2.02. The van der Waals surface area contributed by atoms with Gasteiger partial charge in [-0.25, -0.2) is 4.98 Å². The number of nitrogens with zero attached hydrogens (tertiary/aromatic N) is 2. The normalized spacial score (nSPS) is 19.7. The van der Waals surface area contributed by atoms with Crippen molar-refractivity contribution in [1.29, 1.82) is 0 Å². The second-order valence-electron chi connectivity index (χ2n) is 10.7. The standard InChI is InChI=1S/C32H33ClN2O10/c1-16-11-19(36)26(30(38)32(16)31(39)27-22(41-4)14-23(42-5)28(33)29(27)45-32)18(13-25(37)43-6)17-7-8-20(21(12-17)40-3)44-15-24-34-9-10-35(24)2/h7-10,12,14,16,18,38H,11,13,15H2,1-6H3. The Morgan fingerprint density at radius 2 is 1.82 bits per heavy atom. The summed E-state index contributed by atoms with van der Waals surface area (Å²) in [4.78, 5) is 44.9. The number of aliphatic hydroxyl groups is 1. The van der Waals surface area contributed by atoms with Gasteiger partial charge in [0.15, 0.2) is 28.8 Å². The molecule has 0 fully saturated rings. The van der Waals surface area contributed by atoms with Crippen LogP contribution in [0.2, 0.25) is 5.02 Å². The van der Waals surface area contributed by atoms with Crippen LogP contribution >= 0.6 is 11.6 Å². The number of aliphatic hydroxyl groups excluding tert-OH is 1. The largest absolute Gasteiger partial charge is 0.507 e. The fourth-order valence-electron chi connectivity index (χ4n) is 5.87. The van der Waals surface area contributed by atoms with Crippen LogP contribution in [-0.2, 0) is 28.0 Å². The summed E-state index contributed by atoms with van der Waals surface area (Å²) >= 11 is 6.56. The van der Waals surface area contributed by atoms with Crippen molar-refractivity contribution in [2.45, 2.75) is 37.9 Å². The molecule has 1 N–H and O–H groups in total. The molecule has 1 aliphatic heterocycles. The first-order valence-electron chi connectivity index (χ1n) is 14.0. The van der Waals surface area contributed by atoms with E-state index in [2.05, 4.69) is 4.98 Å². The van der Waals surface area contributed by atoms with Crippen molar-refractivity contribution in [3.63, 3.8) is 0 Å². The molecule has 3 unspecified atom stereocenters. The van der Waals surface area contributed by atoms with E-state index in [9.17, 15) is 19.5 Å². The molecule has 13 heteroatoms. The molecule has 45 heavy (non-hydrogen) atoms. The second-order valence-corrected chi connectivity index (χ2v) is 11.1. The smallest absolute Gasteiger partial charge is 0.306 e. The third-order valence-electron chi connectivity index (χ3n) is 8.33. The maximum absolute atomic E-state index is 14.2. The number of Topliss-reactive ketones (excluding diaryl/α,β-unsaturated/α-hetero) is 2. The molecular formula is C32H33ClN2O10. The van der Waals surface area contributed by atoms with Gasteiger partial charge in [0.05, 0.1) is 34.9 Å². The average Bonchev–Trinajstić information content (AvgIpc) is 3.59. The number of rotatable bonds is 10. The first-order chi connectivity index (χ1) is 21.5. The number of aryl methyl sites for hydroxylation is 1. The minimum Gasteiger partial charge on any atom is -0.507 e. The van der Waals surface area contributed by atoms with Crippen molar-refractivity contribution >= 4 is 29.1 Å². The van der Waals surface area contributed by atoms with E-state index in [1.54, 1.807) is 37.5 Å². The van der Waals surface area contributed by atoms with Crippen LogP contribution < -0.4 is 23.7 Å². The summed E-state index contributed by atoms with van der Waals surface area (Å²) in [5.41, 5.74) is -1.74. The van der Waals surface area contributed by atoms with Gasteiger partial charge in [-0.2, -0.15) is 0 Å². The van der Waals surface area contributed by atoms with Crippen molar-refractivity contribution in [1.82, 2.24) is 9.55 Å². The van der Waals surface area contributed by atoms with Gasteiger partial charge in [0, 0.05) is 49.3 Å². The molecule has 1 aromatic heterocycles. The summed E-state index contributed by atoms with van der Waals surface area (Å²) in [5.74, 6) is -2.54. The molecule has 2 aliphatic rings. The number of halogens is 1. The first kappa shape index (κ1) is 31.7. The first-order valence-corrected chi connectivity index (χ1v) is 14.4. The highest BCUT2D eigenvalue weighted by atomic mass is 35.5. The zero-order chi connectivity index (χ0) is 32.6. The van der Waals surface area contributed by atoms with Gasteiger partial charge in [-0.05, 0) is 17.7 Å². The van der Waals surface area contributed by atoms with Crippen LogP contribution in [-0.4, -0.2) is 66.2 Å². The highest BCUT2D eigenvalue weighted by molar-refractivity contribution is 6.35. The van der Waals surface area contributed by atoms with Gasteiger partial charge >= 0.3 is 5.97 Å². The number of benzene rings is 2. The molecule has 5 rings (SSSR count). The molecule has 2 heterocycles. The molecule has 0 bridgehead atoms. The Hall–Kier alpha value is -4.71. The Labute approximate surface area is 264 Å². The van der Waals surface area contributed by atoms with Crippen molar-refractivity contribution < 1.29 is 47.9 Å². The minimum absolute atomic E-state index is 0.00829. The number of allylic oxidation sites excluding steroid dienone is 1. The molecule has 0 radical (unpaired) electrons. The van der Waals surface area contributed by atoms with E-state index in [1.807, 2.05) is 11.6 Å². The fourth-order valence-corrected chi connectivity index (χ4v) is 6.14. The zero-order valence-electron chi connectivity index (χ0n) is 25.6. The van der Waals surface area contributed by atoms with Crippen LogP contribution in [0.15, 0.2) is 48.0 Å². The summed E-state index contributed by atoms with van der Waals surface area (Å²) in [7, 11) is 7.29. The van der Waals surface area contributed by atoms with Gasteiger partial charge in [0.25, 0.3) is 0 Å². The summed E-state index contributed by atoms with van der Waals surface area (Å²) in [6.07, 6.45) is 2.95. The molecule has 3 aromatic rings. The lowest BCUT2D eigenvalue weighted by molar-refractivity contribution is -0.140. The molecule has 0 amide bonds. The van der Waals surface area contributed by atoms with E-state index in [-0.39, 0.29) is 52.9 Å². The lowest BCUT2D eigenvalue weighted by Gasteiger charge is -2.38. The van der Waals surface area contributed by atoms with Crippen molar-refractivity contribution in [3.8, 4) is 28.7 Å². The van der Waals surface area contributed by atoms with E-state index in [0.717, 1.165) is 0 Å². The Bertz CT molecular complexity index is 1710. The van der Waals surface area contributed by atoms with Crippen molar-refractivity contribution in [3.05, 3.63) is 70.0 Å². The summed E-state index contributed by atoms with van der Waals surface area (Å²) in [6.45, 7) is 1.78. The molecule has 12 nitrogen and oxygen atoms in total. The van der Waals surface area contributed by atoms with E-state index in [0.29, 0.717) is 22.9 Å². The number of aromatic nitrogens is 2. The number of carbonyl (C=O) groups is 3. The van der Waals surface area contributed by atoms with Gasteiger partial charge in [0.2, 0.25) is 11.4 Å². The van der Waals surface area contributed by atoms with Gasteiger partial charge in [-0.15, -0.1) is 0 Å². The number of fused-ring (bicyclic) bond motifs is 1. The van der Waals surface area contributed by atoms with E-state index < -0.39 is 40.7 Å². The summed E-state index contributed by atoms with van der Waals surface area (Å²) in [6, 6.07) is 6.34. The predicted molar refractivity (Wildman–Crippen MR) is 161 cm³/mol. The maximum Gasteiger partial charge on any atom is 0.306 e. The SMILES string of the molecule is COC(=O)CC(C1=C(O)C2(Oc3c(Cl)c(OC)cc(OC)c3C2=O)C(C)CC1=O)c1ccc(OCc2nccn2C)c(OC)c1. The van der Waals surface area contributed by atoms with Gasteiger partial charge < -0.3 is 38.1 Å². The number of imidazole rings is 1. The molecule has 2 aromatic carbocycles. The van der Waals surface area contributed by atoms with Crippen LogP contribution in [0.4, 0.5) is 0 Å². The summed E-state index contributed by atoms with van der Waals surface area (Å²) in [5, 5.41) is 12.0. The Balaban J connectivity index is 1.62. The average molecular weight is 641 g/mol. The summed E-state index contributed by atoms with van der Waals surface area (Å²) < 4.78 is 35.3. The van der Waals surface area contributed by atoms with Gasteiger partial charge in [-0.3, -0.25) is 14.4 Å². The number of carbonyl (C=O) groups excluding carboxylic acids is 3. The Kier molecular flexibility index (Phi) is 8.70. The molecule has 1 aliphatic carbocycles. The fraction of sp³-hybridized carbons (Fsp3) is 0.375. The van der Waals surface area contributed by atoms with Crippen LogP contribution in [0.3, 0.4) is 0 Å². The van der Waals surface area contributed by atoms with E-state index in [4.69, 9.17) is 40.0 Å². The quantitative estimate of drug-likeness (QED) is 0.306. The molecule has 1 spiro atoms. The molecule has 238 valence electrons. The Morgan fingerprint density at radius 3 is 2.44 bits per heavy atom. The topological polar surface area (TPSA) is 145 Å². The lowest BCUT2D eigenvalue weighted by atomic mass is 9.69. The van der Waals surface area contributed by atoms with Crippen LogP contribution in [0.1, 0.15) is 47.4 Å². The van der Waals surface area contributed by atoms with E-state index in [1.165, 1.54) is 34.5 Å². The molecule has 0 saturated heterocycles. The molecule has 3 atom stereocenters.